The first-order chi connectivity index (χ1) is 11.9. The van der Waals surface area contributed by atoms with Crippen LogP contribution in [0.3, 0.4) is 0 Å². The van der Waals surface area contributed by atoms with Gasteiger partial charge in [-0.05, 0) is 69.1 Å². The molecular weight excluding hydrogens is 338 g/mol. The predicted octanol–water partition coefficient (Wildman–Crippen LogP) is 3.80. The van der Waals surface area contributed by atoms with E-state index in [2.05, 4.69) is 12.2 Å². The lowest BCUT2D eigenvalue weighted by Crippen LogP contribution is -2.56. The van der Waals surface area contributed by atoms with Crippen LogP contribution in [0.2, 0.25) is 0 Å². The topological polar surface area (TPSA) is 55.4 Å². The molecule has 5 saturated carbocycles. The molecule has 5 heteroatoms. The normalized spacial score (nSPS) is 45.2. The van der Waals surface area contributed by atoms with E-state index >= 15 is 0 Å². The molecule has 5 aliphatic carbocycles. The van der Waals surface area contributed by atoms with Gasteiger partial charge in [0.05, 0.1) is 5.41 Å². The molecule has 4 bridgehead atoms. The second kappa shape index (κ2) is 6.44. The van der Waals surface area contributed by atoms with Crippen molar-refractivity contribution in [2.75, 3.05) is 6.61 Å². The van der Waals surface area contributed by atoms with Crippen molar-refractivity contribution >= 4 is 23.5 Å². The van der Waals surface area contributed by atoms with E-state index in [9.17, 15) is 9.59 Å². The van der Waals surface area contributed by atoms with E-state index in [4.69, 9.17) is 16.3 Å². The molecule has 1 amide bonds. The maximum absolute atomic E-state index is 12.8. The fourth-order valence-corrected chi connectivity index (χ4v) is 7.15. The zero-order valence-electron chi connectivity index (χ0n) is 15.2. The number of carbonyl (C=O) groups is 2. The number of halogens is 1. The summed E-state index contributed by atoms with van der Waals surface area (Å²) in [5.41, 5.74) is -0.426. The number of ether oxygens (including phenoxy) is 1. The van der Waals surface area contributed by atoms with E-state index in [1.54, 1.807) is 0 Å². The van der Waals surface area contributed by atoms with Gasteiger partial charge in [0.2, 0.25) is 0 Å². The zero-order valence-corrected chi connectivity index (χ0v) is 15.9. The van der Waals surface area contributed by atoms with Crippen LogP contribution in [0.4, 0.5) is 0 Å². The Balaban J connectivity index is 1.32. The quantitative estimate of drug-likeness (QED) is 0.607. The minimum atomic E-state index is -0.426. The second-order valence-electron chi connectivity index (χ2n) is 9.40. The number of hydrogen-bond donors (Lipinski definition) is 1. The summed E-state index contributed by atoms with van der Waals surface area (Å²) in [5, 5.41) is 3.06. The van der Waals surface area contributed by atoms with Crippen molar-refractivity contribution in [1.82, 2.24) is 5.32 Å². The predicted molar refractivity (Wildman–Crippen MR) is 96.2 cm³/mol. The minimum Gasteiger partial charge on any atom is -0.455 e. The molecule has 0 aromatic heterocycles. The van der Waals surface area contributed by atoms with Crippen molar-refractivity contribution in [2.24, 2.45) is 23.2 Å². The number of nitrogens with one attached hydrogen (secondary N) is 1. The molecule has 2 unspecified atom stereocenters. The zero-order chi connectivity index (χ0) is 17.7. The van der Waals surface area contributed by atoms with Gasteiger partial charge >= 0.3 is 5.97 Å². The summed E-state index contributed by atoms with van der Waals surface area (Å²) in [6.07, 6.45) is 10.4. The van der Waals surface area contributed by atoms with Crippen molar-refractivity contribution in [3.8, 4) is 0 Å². The molecule has 0 spiro atoms. The highest BCUT2D eigenvalue weighted by molar-refractivity contribution is 6.24. The largest absolute Gasteiger partial charge is 0.455 e. The van der Waals surface area contributed by atoms with Crippen LogP contribution in [0.25, 0.3) is 0 Å². The molecule has 4 nitrogen and oxygen atoms in total. The number of esters is 1. The van der Waals surface area contributed by atoms with Crippen LogP contribution in [0.15, 0.2) is 0 Å². The average Bonchev–Trinajstić information content (AvgIpc) is 2.52. The molecule has 0 aliphatic heterocycles. The van der Waals surface area contributed by atoms with Crippen molar-refractivity contribution < 1.29 is 14.3 Å². The Morgan fingerprint density at radius 3 is 2.44 bits per heavy atom. The number of amides is 1. The van der Waals surface area contributed by atoms with Gasteiger partial charge in [-0.15, -0.1) is 11.6 Å². The smallest absolute Gasteiger partial charge is 0.312 e. The third kappa shape index (κ3) is 3.43. The van der Waals surface area contributed by atoms with Gasteiger partial charge in [0, 0.05) is 10.9 Å². The highest BCUT2D eigenvalue weighted by Crippen LogP contribution is 2.64. The Morgan fingerprint density at radius 1 is 1.12 bits per heavy atom. The molecule has 140 valence electrons. The lowest BCUT2D eigenvalue weighted by atomic mass is 9.49. The standard InChI is InChI=1S/C20H30ClNO3/c1-13-4-2-3-5-16(13)22-17(23)11-25-18(24)19-7-14-6-15(8-19)10-20(21,9-14)12-19/h13-16H,2-12H2,1H3,(H,22,23)/t13-,14-,15+,16-,19?,20?/m0/s1. The van der Waals surface area contributed by atoms with Gasteiger partial charge in [-0.3, -0.25) is 9.59 Å². The molecule has 0 saturated heterocycles. The van der Waals surface area contributed by atoms with Gasteiger partial charge in [-0.2, -0.15) is 0 Å². The molecule has 25 heavy (non-hydrogen) atoms. The Hall–Kier alpha value is -0.770. The Morgan fingerprint density at radius 2 is 1.80 bits per heavy atom. The summed E-state index contributed by atoms with van der Waals surface area (Å²) in [6, 6.07) is 0.227. The summed E-state index contributed by atoms with van der Waals surface area (Å²) in [7, 11) is 0. The van der Waals surface area contributed by atoms with Crippen LogP contribution >= 0.6 is 11.6 Å². The minimum absolute atomic E-state index is 0.144. The van der Waals surface area contributed by atoms with Crippen LogP contribution in [0.1, 0.15) is 71.1 Å². The fourth-order valence-electron chi connectivity index (χ4n) is 6.45. The van der Waals surface area contributed by atoms with Gasteiger partial charge in [-0.1, -0.05) is 19.8 Å². The maximum atomic E-state index is 12.8. The summed E-state index contributed by atoms with van der Waals surface area (Å²) in [4.78, 5) is 24.9. The Bertz CT molecular complexity index is 549. The van der Waals surface area contributed by atoms with Crippen molar-refractivity contribution in [2.45, 2.75) is 82.0 Å². The summed E-state index contributed by atoms with van der Waals surface area (Å²) < 4.78 is 5.50. The second-order valence-corrected chi connectivity index (χ2v) is 10.2. The van der Waals surface area contributed by atoms with Gasteiger partial charge in [0.15, 0.2) is 6.61 Å². The van der Waals surface area contributed by atoms with Crippen molar-refractivity contribution in [1.29, 1.82) is 0 Å². The molecule has 0 aromatic rings. The molecule has 6 atom stereocenters. The molecule has 5 rings (SSSR count). The van der Waals surface area contributed by atoms with Crippen LogP contribution in [0, 0.1) is 23.2 Å². The van der Waals surface area contributed by atoms with Gasteiger partial charge in [0.25, 0.3) is 5.91 Å². The summed E-state index contributed by atoms with van der Waals surface area (Å²) in [5.74, 6) is 1.29. The van der Waals surface area contributed by atoms with E-state index < -0.39 is 5.41 Å². The average molecular weight is 368 g/mol. The first-order valence-corrected chi connectivity index (χ1v) is 10.4. The number of hydrogen-bond acceptors (Lipinski definition) is 3. The molecule has 5 aliphatic rings. The third-order valence-corrected chi connectivity index (χ3v) is 7.66. The van der Waals surface area contributed by atoms with E-state index in [0.29, 0.717) is 17.8 Å². The molecule has 5 fully saturated rings. The molecule has 0 heterocycles. The van der Waals surface area contributed by atoms with E-state index in [-0.39, 0.29) is 29.4 Å². The number of carbonyl (C=O) groups excluding carboxylic acids is 2. The van der Waals surface area contributed by atoms with Crippen LogP contribution < -0.4 is 5.32 Å². The fraction of sp³-hybridized carbons (Fsp3) is 0.900. The molecule has 0 aromatic carbocycles. The van der Waals surface area contributed by atoms with Crippen LogP contribution in [0.5, 0.6) is 0 Å². The van der Waals surface area contributed by atoms with Gasteiger partial charge in [-0.25, -0.2) is 0 Å². The highest BCUT2D eigenvalue weighted by atomic mass is 35.5. The highest BCUT2D eigenvalue weighted by Gasteiger charge is 2.60. The van der Waals surface area contributed by atoms with Crippen LogP contribution in [-0.4, -0.2) is 29.4 Å². The third-order valence-electron chi connectivity index (χ3n) is 7.21. The number of alkyl halides is 1. The summed E-state index contributed by atoms with van der Waals surface area (Å²) in [6.45, 7) is 2.04. The van der Waals surface area contributed by atoms with E-state index in [1.165, 1.54) is 19.3 Å². The lowest BCUT2D eigenvalue weighted by molar-refractivity contribution is -0.171. The Kier molecular flexibility index (Phi) is 4.54. The first-order valence-electron chi connectivity index (χ1n) is 10.0. The molecule has 1 N–H and O–H groups in total. The first kappa shape index (κ1) is 17.6. The summed E-state index contributed by atoms with van der Waals surface area (Å²) >= 11 is 6.79. The van der Waals surface area contributed by atoms with Gasteiger partial charge in [0.1, 0.15) is 0 Å². The van der Waals surface area contributed by atoms with E-state index in [0.717, 1.165) is 44.9 Å². The maximum Gasteiger partial charge on any atom is 0.312 e. The SMILES string of the molecule is C[C@H]1CCCC[C@@H]1NC(=O)COC(=O)C12C[C@@H]3C[C@@H](CC(Cl)(C3)C1)C2. The van der Waals surface area contributed by atoms with Crippen molar-refractivity contribution in [3.63, 3.8) is 0 Å². The van der Waals surface area contributed by atoms with E-state index in [1.807, 2.05) is 0 Å². The monoisotopic (exact) mass is 367 g/mol. The molecule has 0 radical (unpaired) electrons. The number of rotatable bonds is 4. The van der Waals surface area contributed by atoms with Crippen molar-refractivity contribution in [3.05, 3.63) is 0 Å². The van der Waals surface area contributed by atoms with Gasteiger partial charge < -0.3 is 10.1 Å². The lowest BCUT2D eigenvalue weighted by Gasteiger charge is -2.58. The Labute approximate surface area is 155 Å². The molecular formula is C20H30ClNO3. The van der Waals surface area contributed by atoms with Crippen LogP contribution in [-0.2, 0) is 14.3 Å².